The van der Waals surface area contributed by atoms with Crippen molar-refractivity contribution >= 4 is 17.0 Å². The first kappa shape index (κ1) is 16.3. The molecule has 6 heteroatoms. The third-order valence-electron chi connectivity index (χ3n) is 4.12. The van der Waals surface area contributed by atoms with Gasteiger partial charge in [-0.05, 0) is 18.1 Å². The van der Waals surface area contributed by atoms with Crippen molar-refractivity contribution < 1.29 is 20.1 Å². The average molecular weight is 306 g/mol. The van der Waals surface area contributed by atoms with E-state index in [0.717, 1.165) is 22.2 Å². The lowest BCUT2D eigenvalue weighted by molar-refractivity contribution is 0.0395. The second kappa shape index (κ2) is 6.37. The molecule has 0 spiro atoms. The molecule has 22 heavy (non-hydrogen) atoms. The Morgan fingerprint density at radius 3 is 2.68 bits per heavy atom. The Bertz CT molecular complexity index is 663. The second-order valence-corrected chi connectivity index (χ2v) is 5.93. The molecule has 0 aliphatic rings. The van der Waals surface area contributed by atoms with E-state index in [2.05, 4.69) is 10.3 Å². The van der Waals surface area contributed by atoms with Gasteiger partial charge in [0.15, 0.2) is 0 Å². The monoisotopic (exact) mass is 306 g/mol. The molecule has 0 aliphatic heterocycles. The quantitative estimate of drug-likeness (QED) is 0.559. The molecule has 0 radical (unpaired) electrons. The van der Waals surface area contributed by atoms with E-state index in [0.29, 0.717) is 6.42 Å². The molecule has 120 valence electrons. The summed E-state index contributed by atoms with van der Waals surface area (Å²) in [6.45, 7) is 3.66. The number of para-hydroxylation sites is 1. The molecule has 1 aromatic heterocycles. The Hall–Kier alpha value is -2.05. The summed E-state index contributed by atoms with van der Waals surface area (Å²) in [5.41, 5.74) is 2.04. The number of rotatable bonds is 6. The van der Waals surface area contributed by atoms with Crippen LogP contribution in [0.15, 0.2) is 24.3 Å². The van der Waals surface area contributed by atoms with Crippen molar-refractivity contribution in [3.63, 3.8) is 0 Å². The molecule has 2 rings (SSSR count). The van der Waals surface area contributed by atoms with Crippen LogP contribution in [0.1, 0.15) is 25.1 Å². The van der Waals surface area contributed by atoms with Crippen LogP contribution in [-0.4, -0.2) is 45.7 Å². The fraction of sp³-hybridized carbons (Fsp3) is 0.438. The highest BCUT2D eigenvalue weighted by molar-refractivity contribution is 5.85. The molecular weight excluding hydrogens is 284 g/mol. The average Bonchev–Trinajstić information content (AvgIpc) is 2.86. The molecule has 0 saturated heterocycles. The molecule has 0 bridgehead atoms. The van der Waals surface area contributed by atoms with Gasteiger partial charge in [-0.2, -0.15) is 0 Å². The number of hydrogen-bond donors (Lipinski definition) is 5. The van der Waals surface area contributed by atoms with Gasteiger partial charge in [0.2, 0.25) is 0 Å². The summed E-state index contributed by atoms with van der Waals surface area (Å²) in [5, 5.41) is 31.5. The van der Waals surface area contributed by atoms with Gasteiger partial charge in [-0.25, -0.2) is 4.79 Å². The highest BCUT2D eigenvalue weighted by atomic mass is 16.4. The van der Waals surface area contributed by atoms with E-state index in [-0.39, 0.29) is 13.2 Å². The molecular formula is C16H22N2O4. The Labute approximate surface area is 128 Å². The van der Waals surface area contributed by atoms with Crippen molar-refractivity contribution in [2.24, 2.45) is 0 Å². The van der Waals surface area contributed by atoms with Gasteiger partial charge in [0.05, 0.1) is 12.7 Å². The van der Waals surface area contributed by atoms with Gasteiger partial charge >= 0.3 is 6.09 Å². The third-order valence-corrected chi connectivity index (χ3v) is 4.12. The summed E-state index contributed by atoms with van der Waals surface area (Å²) in [6.07, 6.45) is -1.46. The summed E-state index contributed by atoms with van der Waals surface area (Å²) in [7, 11) is 0. The molecule has 5 N–H and O–H groups in total. The number of aromatic amines is 1. The molecule has 1 heterocycles. The van der Waals surface area contributed by atoms with Crippen LogP contribution in [0.2, 0.25) is 0 Å². The number of aliphatic hydroxyl groups is 2. The standard InChI is InChI=1S/C16H22N2O4/c1-16(2,13(20)9-19)14-11(7-8-17-15(21)22)10-5-3-4-6-12(10)18-14/h3-6,13,17-20H,7-9H2,1-2H3,(H,21,22). The smallest absolute Gasteiger partial charge is 0.404 e. The van der Waals surface area contributed by atoms with Crippen LogP contribution in [0.3, 0.4) is 0 Å². The van der Waals surface area contributed by atoms with Crippen LogP contribution in [0.4, 0.5) is 4.79 Å². The van der Waals surface area contributed by atoms with Crippen molar-refractivity contribution in [1.29, 1.82) is 0 Å². The summed E-state index contributed by atoms with van der Waals surface area (Å²) in [4.78, 5) is 13.9. The van der Waals surface area contributed by atoms with Crippen molar-refractivity contribution in [3.8, 4) is 0 Å². The number of fused-ring (bicyclic) bond motifs is 1. The van der Waals surface area contributed by atoms with Crippen molar-refractivity contribution in [2.45, 2.75) is 31.8 Å². The van der Waals surface area contributed by atoms with Gasteiger partial charge in [0, 0.05) is 28.6 Å². The van der Waals surface area contributed by atoms with Crippen LogP contribution >= 0.6 is 0 Å². The number of H-pyrrole nitrogens is 1. The molecule has 1 amide bonds. The minimum Gasteiger partial charge on any atom is -0.465 e. The van der Waals surface area contributed by atoms with Gasteiger partial charge < -0.3 is 25.6 Å². The van der Waals surface area contributed by atoms with E-state index in [1.807, 2.05) is 38.1 Å². The minimum absolute atomic E-state index is 0.287. The highest BCUT2D eigenvalue weighted by Crippen LogP contribution is 2.34. The lowest BCUT2D eigenvalue weighted by atomic mass is 9.80. The van der Waals surface area contributed by atoms with Crippen LogP contribution in [0.5, 0.6) is 0 Å². The van der Waals surface area contributed by atoms with Gasteiger partial charge in [0.25, 0.3) is 0 Å². The molecule has 1 aromatic carbocycles. The second-order valence-electron chi connectivity index (χ2n) is 5.93. The van der Waals surface area contributed by atoms with E-state index in [4.69, 9.17) is 5.11 Å². The minimum atomic E-state index is -1.06. The zero-order valence-corrected chi connectivity index (χ0v) is 12.8. The Morgan fingerprint density at radius 1 is 1.36 bits per heavy atom. The number of benzene rings is 1. The Kier molecular flexibility index (Phi) is 4.73. The summed E-state index contributed by atoms with van der Waals surface area (Å²) < 4.78 is 0. The number of hydrogen-bond acceptors (Lipinski definition) is 3. The predicted octanol–water partition coefficient (Wildman–Crippen LogP) is 1.61. The van der Waals surface area contributed by atoms with Crippen molar-refractivity contribution in [1.82, 2.24) is 10.3 Å². The molecule has 6 nitrogen and oxygen atoms in total. The maximum absolute atomic E-state index is 10.6. The number of carbonyl (C=O) groups is 1. The molecule has 0 aliphatic carbocycles. The summed E-state index contributed by atoms with van der Waals surface area (Å²) in [6, 6.07) is 7.74. The predicted molar refractivity (Wildman–Crippen MR) is 84.1 cm³/mol. The number of carboxylic acid groups (broad SMARTS) is 1. The molecule has 2 aromatic rings. The van der Waals surface area contributed by atoms with Gasteiger partial charge in [-0.3, -0.25) is 0 Å². The SMILES string of the molecule is CC(C)(c1[nH]c2ccccc2c1CCNC(=O)O)C(O)CO. The fourth-order valence-electron chi connectivity index (χ4n) is 2.70. The first-order chi connectivity index (χ1) is 10.4. The Morgan fingerprint density at radius 2 is 2.05 bits per heavy atom. The van der Waals surface area contributed by atoms with Crippen LogP contribution in [0.25, 0.3) is 10.9 Å². The van der Waals surface area contributed by atoms with Gasteiger partial charge in [0.1, 0.15) is 0 Å². The van der Waals surface area contributed by atoms with E-state index in [1.54, 1.807) is 0 Å². The Balaban J connectivity index is 2.45. The topological polar surface area (TPSA) is 106 Å². The maximum Gasteiger partial charge on any atom is 0.404 e. The maximum atomic E-state index is 10.6. The van der Waals surface area contributed by atoms with Gasteiger partial charge in [-0.1, -0.05) is 32.0 Å². The largest absolute Gasteiger partial charge is 0.465 e. The molecule has 1 unspecified atom stereocenters. The third kappa shape index (κ3) is 3.08. The van der Waals surface area contributed by atoms with Gasteiger partial charge in [-0.15, -0.1) is 0 Å². The fourth-order valence-corrected chi connectivity index (χ4v) is 2.70. The van der Waals surface area contributed by atoms with Crippen LogP contribution < -0.4 is 5.32 Å². The normalized spacial score (nSPS) is 13.3. The lowest BCUT2D eigenvalue weighted by Gasteiger charge is -2.30. The molecule has 1 atom stereocenters. The van der Waals surface area contributed by atoms with Crippen molar-refractivity contribution in [2.75, 3.05) is 13.2 Å². The molecule has 0 fully saturated rings. The zero-order valence-electron chi connectivity index (χ0n) is 12.8. The number of aliphatic hydroxyl groups excluding tert-OH is 2. The van der Waals surface area contributed by atoms with Crippen LogP contribution in [-0.2, 0) is 11.8 Å². The number of nitrogens with one attached hydrogen (secondary N) is 2. The van der Waals surface area contributed by atoms with E-state index in [9.17, 15) is 15.0 Å². The highest BCUT2D eigenvalue weighted by Gasteiger charge is 2.33. The number of amides is 1. The first-order valence-electron chi connectivity index (χ1n) is 7.23. The summed E-state index contributed by atoms with van der Waals surface area (Å²) in [5.74, 6) is 0. The van der Waals surface area contributed by atoms with E-state index < -0.39 is 17.6 Å². The van der Waals surface area contributed by atoms with E-state index >= 15 is 0 Å². The first-order valence-corrected chi connectivity index (χ1v) is 7.23. The lowest BCUT2D eigenvalue weighted by Crippen LogP contribution is -2.37. The zero-order chi connectivity index (χ0) is 16.3. The summed E-state index contributed by atoms with van der Waals surface area (Å²) >= 11 is 0. The van der Waals surface area contributed by atoms with Crippen molar-refractivity contribution in [3.05, 3.63) is 35.5 Å². The van der Waals surface area contributed by atoms with Crippen LogP contribution in [0, 0.1) is 0 Å². The van der Waals surface area contributed by atoms with E-state index in [1.165, 1.54) is 0 Å². The molecule has 0 saturated carbocycles. The number of aromatic nitrogens is 1.